The van der Waals surface area contributed by atoms with Gasteiger partial charge in [0.05, 0.1) is 6.67 Å². The van der Waals surface area contributed by atoms with Crippen molar-refractivity contribution in [1.29, 1.82) is 0 Å². The molecule has 1 aromatic carbocycles. The van der Waals surface area contributed by atoms with Crippen molar-refractivity contribution in [2.45, 2.75) is 32.1 Å². The van der Waals surface area contributed by atoms with Gasteiger partial charge in [-0.1, -0.05) is 17.7 Å². The van der Waals surface area contributed by atoms with Crippen molar-refractivity contribution < 1.29 is 4.39 Å². The van der Waals surface area contributed by atoms with Crippen LogP contribution in [0.3, 0.4) is 0 Å². The first-order chi connectivity index (χ1) is 10.1. The summed E-state index contributed by atoms with van der Waals surface area (Å²) >= 11 is 11.5. The molecule has 7 heteroatoms. The molecule has 0 radical (unpaired) electrons. The van der Waals surface area contributed by atoms with E-state index in [9.17, 15) is 4.39 Å². The number of hydrogen-bond donors (Lipinski definition) is 0. The van der Waals surface area contributed by atoms with Crippen molar-refractivity contribution in [1.82, 2.24) is 19.2 Å². The van der Waals surface area contributed by atoms with E-state index in [0.717, 1.165) is 0 Å². The number of nitrogens with zero attached hydrogens (tertiary/aromatic N) is 4. The molecule has 0 amide bonds. The largest absolute Gasteiger partial charge is 0.303 e. The van der Waals surface area contributed by atoms with E-state index in [1.54, 1.807) is 23.1 Å². The van der Waals surface area contributed by atoms with E-state index in [0.29, 0.717) is 34.6 Å². The van der Waals surface area contributed by atoms with E-state index in [4.69, 9.17) is 23.8 Å². The summed E-state index contributed by atoms with van der Waals surface area (Å²) in [6.07, 6.45) is 4.12. The molecular weight excluding hydrogens is 311 g/mol. The number of benzene rings is 1. The van der Waals surface area contributed by atoms with Crippen LogP contribution in [0.15, 0.2) is 24.5 Å². The van der Waals surface area contributed by atoms with Crippen LogP contribution in [0.25, 0.3) is 0 Å². The lowest BCUT2D eigenvalue weighted by molar-refractivity contribution is 0.240. The van der Waals surface area contributed by atoms with Gasteiger partial charge in [0.25, 0.3) is 0 Å². The van der Waals surface area contributed by atoms with Crippen molar-refractivity contribution in [2.24, 2.45) is 0 Å². The topological polar surface area (TPSA) is 26.0 Å². The maximum atomic E-state index is 13.8. The number of halogens is 2. The summed E-state index contributed by atoms with van der Waals surface area (Å²) < 4.78 is 18.3. The zero-order chi connectivity index (χ0) is 15.0. The summed E-state index contributed by atoms with van der Waals surface area (Å²) in [6.45, 7) is 0.910. The molecule has 1 heterocycles. The summed E-state index contributed by atoms with van der Waals surface area (Å²) in [5, 5.41) is 4.75. The Morgan fingerprint density at radius 2 is 2.24 bits per heavy atom. The Bertz CT molecular complexity index is 687. The average molecular weight is 327 g/mol. The molecule has 1 aromatic heterocycles. The van der Waals surface area contributed by atoms with Crippen LogP contribution < -0.4 is 0 Å². The molecule has 0 bridgehead atoms. The highest BCUT2D eigenvalue weighted by molar-refractivity contribution is 7.71. The standard InChI is InChI=1S/C14H16ClFN4S/c1-18(7-11-12(15)3-2-4-13(11)16)9-20-14(21)19(8-17-20)10-5-6-10/h2-4,8,10H,5-7,9H2,1H3. The van der Waals surface area contributed by atoms with E-state index >= 15 is 0 Å². The SMILES string of the molecule is CN(Cc1c(F)cccc1Cl)Cn1ncn(C2CC2)c1=S. The van der Waals surface area contributed by atoms with Crippen LogP contribution in [0.4, 0.5) is 4.39 Å². The van der Waals surface area contributed by atoms with Crippen molar-refractivity contribution in [3.8, 4) is 0 Å². The summed E-state index contributed by atoms with van der Waals surface area (Å²) in [4.78, 5) is 1.93. The molecule has 0 unspecified atom stereocenters. The van der Waals surface area contributed by atoms with E-state index in [2.05, 4.69) is 5.10 Å². The van der Waals surface area contributed by atoms with Gasteiger partial charge in [0.1, 0.15) is 12.1 Å². The first-order valence-corrected chi connectivity index (χ1v) is 7.60. The molecule has 0 saturated heterocycles. The van der Waals surface area contributed by atoms with E-state index < -0.39 is 0 Å². The van der Waals surface area contributed by atoms with Gasteiger partial charge < -0.3 is 4.57 Å². The molecule has 0 spiro atoms. The Balaban J connectivity index is 1.72. The number of aromatic nitrogens is 3. The quantitative estimate of drug-likeness (QED) is 0.785. The van der Waals surface area contributed by atoms with Gasteiger partial charge in [-0.05, 0) is 44.2 Å². The molecule has 21 heavy (non-hydrogen) atoms. The van der Waals surface area contributed by atoms with E-state index in [-0.39, 0.29) is 5.82 Å². The third-order valence-electron chi connectivity index (χ3n) is 3.56. The Morgan fingerprint density at radius 3 is 2.90 bits per heavy atom. The van der Waals surface area contributed by atoms with Gasteiger partial charge >= 0.3 is 0 Å². The first-order valence-electron chi connectivity index (χ1n) is 6.81. The fraction of sp³-hybridized carbons (Fsp3) is 0.429. The zero-order valence-electron chi connectivity index (χ0n) is 11.7. The van der Waals surface area contributed by atoms with Gasteiger partial charge in [-0.25, -0.2) is 9.07 Å². The molecule has 1 aliphatic carbocycles. The van der Waals surface area contributed by atoms with Gasteiger partial charge in [0.2, 0.25) is 0 Å². The smallest absolute Gasteiger partial charge is 0.199 e. The highest BCUT2D eigenvalue weighted by Gasteiger charge is 2.25. The van der Waals surface area contributed by atoms with Crippen LogP contribution in [0, 0.1) is 10.6 Å². The molecule has 1 aliphatic rings. The van der Waals surface area contributed by atoms with Gasteiger partial charge in [-0.15, -0.1) is 0 Å². The molecule has 1 saturated carbocycles. The molecule has 0 aliphatic heterocycles. The van der Waals surface area contributed by atoms with Crippen LogP contribution in [-0.4, -0.2) is 26.3 Å². The molecule has 1 fully saturated rings. The normalized spacial score (nSPS) is 14.9. The van der Waals surface area contributed by atoms with Gasteiger partial charge in [0, 0.05) is 23.2 Å². The van der Waals surface area contributed by atoms with E-state index in [1.165, 1.54) is 18.9 Å². The van der Waals surface area contributed by atoms with Crippen molar-refractivity contribution in [3.05, 3.63) is 45.7 Å². The molecular formula is C14H16ClFN4S. The predicted octanol–water partition coefficient (Wildman–Crippen LogP) is 3.63. The lowest BCUT2D eigenvalue weighted by Gasteiger charge is -2.17. The first kappa shape index (κ1) is 14.7. The molecule has 0 atom stereocenters. The van der Waals surface area contributed by atoms with Crippen LogP contribution >= 0.6 is 23.8 Å². The van der Waals surface area contributed by atoms with Crippen LogP contribution in [0.5, 0.6) is 0 Å². The second-order valence-corrected chi connectivity index (χ2v) is 6.18. The minimum atomic E-state index is -0.290. The summed E-state index contributed by atoms with van der Waals surface area (Å²) in [5.41, 5.74) is 0.495. The average Bonchev–Trinajstić information content (AvgIpc) is 3.21. The van der Waals surface area contributed by atoms with Crippen LogP contribution in [0.2, 0.25) is 5.02 Å². The Hall–Kier alpha value is -1.24. The summed E-state index contributed by atoms with van der Waals surface area (Å²) in [7, 11) is 1.89. The lowest BCUT2D eigenvalue weighted by atomic mass is 10.2. The molecule has 112 valence electrons. The number of hydrogen-bond acceptors (Lipinski definition) is 3. The summed E-state index contributed by atoms with van der Waals surface area (Å²) in [6, 6.07) is 5.23. The summed E-state index contributed by atoms with van der Waals surface area (Å²) in [5.74, 6) is -0.290. The Morgan fingerprint density at radius 1 is 1.48 bits per heavy atom. The maximum absolute atomic E-state index is 13.8. The van der Waals surface area contributed by atoms with Crippen molar-refractivity contribution in [3.63, 3.8) is 0 Å². The molecule has 4 nitrogen and oxygen atoms in total. The van der Waals surface area contributed by atoms with Crippen molar-refractivity contribution >= 4 is 23.8 Å². The van der Waals surface area contributed by atoms with Gasteiger partial charge in [0.15, 0.2) is 4.77 Å². The zero-order valence-corrected chi connectivity index (χ0v) is 13.2. The minimum absolute atomic E-state index is 0.290. The Kier molecular flexibility index (Phi) is 4.10. The monoisotopic (exact) mass is 326 g/mol. The van der Waals surface area contributed by atoms with Crippen molar-refractivity contribution in [2.75, 3.05) is 7.05 Å². The fourth-order valence-electron chi connectivity index (χ4n) is 2.28. The molecule has 2 aromatic rings. The fourth-order valence-corrected chi connectivity index (χ4v) is 2.81. The minimum Gasteiger partial charge on any atom is -0.303 e. The lowest BCUT2D eigenvalue weighted by Crippen LogP contribution is -2.23. The van der Waals surface area contributed by atoms with E-state index in [1.807, 2.05) is 16.5 Å². The predicted molar refractivity (Wildman–Crippen MR) is 82.2 cm³/mol. The van der Waals surface area contributed by atoms with Crippen LogP contribution in [-0.2, 0) is 13.2 Å². The highest BCUT2D eigenvalue weighted by Crippen LogP contribution is 2.34. The van der Waals surface area contributed by atoms with Gasteiger partial charge in [-0.2, -0.15) is 5.10 Å². The third-order valence-corrected chi connectivity index (χ3v) is 4.34. The number of rotatable bonds is 5. The van der Waals surface area contributed by atoms with Gasteiger partial charge in [-0.3, -0.25) is 4.90 Å². The second-order valence-electron chi connectivity index (χ2n) is 5.41. The molecule has 3 rings (SSSR count). The highest BCUT2D eigenvalue weighted by atomic mass is 35.5. The second kappa shape index (κ2) is 5.87. The maximum Gasteiger partial charge on any atom is 0.199 e. The van der Waals surface area contributed by atoms with Crippen LogP contribution in [0.1, 0.15) is 24.4 Å². The third kappa shape index (κ3) is 3.17. The molecule has 0 N–H and O–H groups in total. The Labute approximate surface area is 132 Å².